The van der Waals surface area contributed by atoms with Gasteiger partial charge in [-0.25, -0.2) is 9.97 Å². The summed E-state index contributed by atoms with van der Waals surface area (Å²) in [5.41, 5.74) is 1.59. The van der Waals surface area contributed by atoms with E-state index in [1.807, 2.05) is 6.07 Å². The molecule has 2 amide bonds. The number of carbonyl (C=O) groups excluding carboxylic acids is 2. The van der Waals surface area contributed by atoms with Crippen LogP contribution in [0.2, 0.25) is 0 Å². The van der Waals surface area contributed by atoms with E-state index in [9.17, 15) is 9.59 Å². The van der Waals surface area contributed by atoms with E-state index in [0.29, 0.717) is 6.54 Å². The van der Waals surface area contributed by atoms with Crippen LogP contribution in [0.1, 0.15) is 38.5 Å². The van der Waals surface area contributed by atoms with Gasteiger partial charge in [0, 0.05) is 56.3 Å². The molecule has 0 spiro atoms. The second kappa shape index (κ2) is 9.47. The number of hydrogen-bond acceptors (Lipinski definition) is 6. The Morgan fingerprint density at radius 1 is 0.821 bits per heavy atom. The lowest BCUT2D eigenvalue weighted by Crippen LogP contribution is -2.47. The van der Waals surface area contributed by atoms with Crippen LogP contribution in [-0.4, -0.2) is 70.9 Å². The molecule has 0 atom stereocenters. The molecule has 3 heterocycles. The van der Waals surface area contributed by atoms with Gasteiger partial charge in [-0.1, -0.05) is 0 Å². The summed E-state index contributed by atoms with van der Waals surface area (Å²) in [6.45, 7) is 5.42. The number of amides is 2. The van der Waals surface area contributed by atoms with Crippen LogP contribution in [0, 0.1) is 0 Å². The Balaban J connectivity index is 0.00000225. The van der Waals surface area contributed by atoms with Gasteiger partial charge in [0.2, 0.25) is 5.95 Å². The molecule has 28 heavy (non-hydrogen) atoms. The minimum Gasteiger partial charge on any atom is -0.338 e. The summed E-state index contributed by atoms with van der Waals surface area (Å²) in [5, 5.41) is 0. The smallest absolute Gasteiger partial charge is 0.257 e. The summed E-state index contributed by atoms with van der Waals surface area (Å²) in [7, 11) is 0. The van der Waals surface area contributed by atoms with Gasteiger partial charge in [-0.15, -0.1) is 12.4 Å². The van der Waals surface area contributed by atoms with Crippen LogP contribution in [-0.2, 0) is 9.59 Å². The fraction of sp³-hybridized carbons (Fsp3) is 0.600. The van der Waals surface area contributed by atoms with Crippen LogP contribution in [0.15, 0.2) is 29.6 Å². The zero-order valence-corrected chi connectivity index (χ0v) is 17.0. The van der Waals surface area contributed by atoms with Gasteiger partial charge in [0.1, 0.15) is 0 Å². The molecular formula is C20H28ClN5O2. The minimum atomic E-state index is -0.0221. The van der Waals surface area contributed by atoms with E-state index in [-0.39, 0.29) is 24.2 Å². The van der Waals surface area contributed by atoms with Gasteiger partial charge >= 0.3 is 0 Å². The Kier molecular flexibility index (Phi) is 7.02. The minimum absolute atomic E-state index is 0. The van der Waals surface area contributed by atoms with Crippen molar-refractivity contribution in [3.63, 3.8) is 0 Å². The molecule has 0 N–H and O–H groups in total. The number of imide groups is 1. The number of nitrogens with zero attached hydrogens (tertiary/aromatic N) is 5. The highest BCUT2D eigenvalue weighted by atomic mass is 35.5. The summed E-state index contributed by atoms with van der Waals surface area (Å²) < 4.78 is 0. The summed E-state index contributed by atoms with van der Waals surface area (Å²) in [4.78, 5) is 39.6. The van der Waals surface area contributed by atoms with E-state index >= 15 is 0 Å². The van der Waals surface area contributed by atoms with Crippen molar-refractivity contribution in [2.24, 2.45) is 0 Å². The van der Waals surface area contributed by atoms with Crippen LogP contribution < -0.4 is 4.90 Å². The molecule has 0 radical (unpaired) electrons. The van der Waals surface area contributed by atoms with Crippen molar-refractivity contribution < 1.29 is 9.59 Å². The van der Waals surface area contributed by atoms with E-state index in [1.165, 1.54) is 4.90 Å². The highest BCUT2D eigenvalue weighted by molar-refractivity contribution is 6.19. The highest BCUT2D eigenvalue weighted by Gasteiger charge is 2.38. The molecular weight excluding hydrogens is 378 g/mol. The van der Waals surface area contributed by atoms with Gasteiger partial charge in [-0.2, -0.15) is 0 Å². The van der Waals surface area contributed by atoms with Crippen LogP contribution in [0.25, 0.3) is 0 Å². The molecule has 1 aliphatic carbocycles. The SMILES string of the molecule is Cl.O=C1C2=C(CCCC2)C(=O)N1CCCCN1CCN(c2ncccn2)CC1. The summed E-state index contributed by atoms with van der Waals surface area (Å²) in [6, 6.07) is 1.83. The lowest BCUT2D eigenvalue weighted by molar-refractivity contribution is -0.137. The van der Waals surface area contributed by atoms with Gasteiger partial charge in [-0.3, -0.25) is 19.4 Å². The maximum Gasteiger partial charge on any atom is 0.257 e. The molecule has 7 nitrogen and oxygen atoms in total. The Morgan fingerprint density at radius 2 is 1.39 bits per heavy atom. The van der Waals surface area contributed by atoms with Gasteiger partial charge in [0.15, 0.2) is 0 Å². The van der Waals surface area contributed by atoms with Crippen LogP contribution in [0.3, 0.4) is 0 Å². The molecule has 8 heteroatoms. The van der Waals surface area contributed by atoms with Crippen molar-refractivity contribution in [2.75, 3.05) is 44.2 Å². The van der Waals surface area contributed by atoms with E-state index in [4.69, 9.17) is 0 Å². The molecule has 2 aliphatic heterocycles. The first-order valence-corrected chi connectivity index (χ1v) is 10.1. The first kappa shape index (κ1) is 20.7. The lowest BCUT2D eigenvalue weighted by atomic mass is 9.93. The normalized spacial score (nSPS) is 20.4. The molecule has 0 saturated carbocycles. The molecule has 1 aromatic rings. The van der Waals surface area contributed by atoms with Crippen molar-refractivity contribution in [1.82, 2.24) is 19.8 Å². The maximum absolute atomic E-state index is 12.4. The Labute approximate surface area is 172 Å². The van der Waals surface area contributed by atoms with Crippen LogP contribution in [0.5, 0.6) is 0 Å². The zero-order chi connectivity index (χ0) is 18.6. The first-order valence-electron chi connectivity index (χ1n) is 10.1. The number of anilines is 1. The standard InChI is InChI=1S/C20H27N5O2.ClH/c26-18-16-6-1-2-7-17(16)19(27)25(18)11-4-3-10-23-12-14-24(15-13-23)20-21-8-5-9-22-20;/h5,8-9H,1-4,6-7,10-15H2;1H. The third kappa shape index (κ3) is 4.36. The number of rotatable bonds is 6. The third-order valence-electron chi connectivity index (χ3n) is 5.79. The second-order valence-corrected chi connectivity index (χ2v) is 7.51. The number of unbranched alkanes of at least 4 members (excludes halogenated alkanes) is 1. The Morgan fingerprint density at radius 3 is 2.00 bits per heavy atom. The molecule has 3 aliphatic rings. The summed E-state index contributed by atoms with van der Waals surface area (Å²) >= 11 is 0. The molecule has 0 bridgehead atoms. The molecule has 152 valence electrons. The molecule has 1 aromatic heterocycles. The fourth-order valence-electron chi connectivity index (χ4n) is 4.23. The molecule has 1 saturated heterocycles. The van der Waals surface area contributed by atoms with Gasteiger partial charge in [-0.05, 0) is 51.1 Å². The lowest BCUT2D eigenvalue weighted by Gasteiger charge is -2.34. The Bertz CT molecular complexity index is 703. The predicted octanol–water partition coefficient (Wildman–Crippen LogP) is 2.04. The number of carbonyl (C=O) groups is 2. The van der Waals surface area contributed by atoms with Crippen molar-refractivity contribution >= 4 is 30.2 Å². The average molecular weight is 406 g/mol. The third-order valence-corrected chi connectivity index (χ3v) is 5.79. The average Bonchev–Trinajstić information content (AvgIpc) is 2.97. The van der Waals surface area contributed by atoms with Crippen molar-refractivity contribution in [3.05, 3.63) is 29.6 Å². The van der Waals surface area contributed by atoms with Gasteiger partial charge in [0.05, 0.1) is 0 Å². The summed E-state index contributed by atoms with van der Waals surface area (Å²) in [6.07, 6.45) is 9.07. The number of aromatic nitrogens is 2. The number of piperazine rings is 1. The van der Waals surface area contributed by atoms with Crippen molar-refractivity contribution in [2.45, 2.75) is 38.5 Å². The number of hydrogen-bond donors (Lipinski definition) is 0. The molecule has 0 aromatic carbocycles. The topological polar surface area (TPSA) is 69.6 Å². The Hall–Kier alpha value is -1.99. The highest BCUT2D eigenvalue weighted by Crippen LogP contribution is 2.32. The van der Waals surface area contributed by atoms with Crippen LogP contribution >= 0.6 is 12.4 Å². The quantitative estimate of drug-likeness (QED) is 0.533. The largest absolute Gasteiger partial charge is 0.338 e. The van der Waals surface area contributed by atoms with Crippen molar-refractivity contribution in [3.8, 4) is 0 Å². The predicted molar refractivity (Wildman–Crippen MR) is 109 cm³/mol. The van der Waals surface area contributed by atoms with E-state index in [0.717, 1.165) is 88.3 Å². The molecule has 1 fully saturated rings. The van der Waals surface area contributed by atoms with E-state index in [2.05, 4.69) is 19.8 Å². The van der Waals surface area contributed by atoms with Crippen molar-refractivity contribution in [1.29, 1.82) is 0 Å². The van der Waals surface area contributed by atoms with Gasteiger partial charge < -0.3 is 4.90 Å². The molecule has 0 unspecified atom stereocenters. The second-order valence-electron chi connectivity index (χ2n) is 7.51. The monoisotopic (exact) mass is 405 g/mol. The van der Waals surface area contributed by atoms with Crippen LogP contribution in [0.4, 0.5) is 5.95 Å². The molecule has 4 rings (SSSR count). The fourth-order valence-corrected chi connectivity index (χ4v) is 4.23. The van der Waals surface area contributed by atoms with Gasteiger partial charge in [0.25, 0.3) is 11.8 Å². The first-order chi connectivity index (χ1) is 13.2. The number of halogens is 1. The van der Waals surface area contributed by atoms with E-state index < -0.39 is 0 Å². The summed E-state index contributed by atoms with van der Waals surface area (Å²) in [5.74, 6) is 0.761. The van der Waals surface area contributed by atoms with E-state index in [1.54, 1.807) is 12.4 Å². The maximum atomic E-state index is 12.4. The zero-order valence-electron chi connectivity index (χ0n) is 16.2.